The molecule has 0 unspecified atom stereocenters. The van der Waals surface area contributed by atoms with Gasteiger partial charge in [0.15, 0.2) is 0 Å². The Kier molecular flexibility index (Phi) is 2.95. The van der Waals surface area contributed by atoms with Gasteiger partial charge in [0.2, 0.25) is 0 Å². The highest BCUT2D eigenvalue weighted by atomic mass is 16.3. The molecule has 0 radical (unpaired) electrons. The number of furan rings is 1. The lowest BCUT2D eigenvalue weighted by Crippen LogP contribution is -2.16. The van der Waals surface area contributed by atoms with Crippen LogP contribution in [0.1, 0.15) is 15.9 Å². The minimum atomic E-state index is -0.570. The Balaban J connectivity index is 2.17. The fourth-order valence-corrected chi connectivity index (χ4v) is 1.39. The van der Waals surface area contributed by atoms with Gasteiger partial charge in [-0.25, -0.2) is 4.98 Å². The molecule has 2 heterocycles. The molecule has 0 spiro atoms. The normalized spacial score (nSPS) is 10.1. The van der Waals surface area contributed by atoms with E-state index in [0.717, 1.165) is 5.56 Å². The molecular weight excluding hydrogens is 220 g/mol. The van der Waals surface area contributed by atoms with Gasteiger partial charge in [0.05, 0.1) is 30.0 Å². The largest absolute Gasteiger partial charge is 0.472 e. The first-order chi connectivity index (χ1) is 8.16. The lowest BCUT2D eigenvalue weighted by Gasteiger charge is -2.08. The predicted molar refractivity (Wildman–Crippen MR) is 63.2 cm³/mol. The number of nitrogens with zero attached hydrogens (tertiary/aromatic N) is 1. The van der Waals surface area contributed by atoms with E-state index in [1.165, 1.54) is 12.3 Å². The van der Waals surface area contributed by atoms with Gasteiger partial charge in [-0.15, -0.1) is 0 Å². The van der Waals surface area contributed by atoms with Crippen molar-refractivity contribution < 1.29 is 9.21 Å². The molecule has 2 aromatic heterocycles. The van der Waals surface area contributed by atoms with E-state index in [-0.39, 0.29) is 5.56 Å². The van der Waals surface area contributed by atoms with Gasteiger partial charge in [-0.2, -0.15) is 0 Å². The van der Waals surface area contributed by atoms with Gasteiger partial charge >= 0.3 is 0 Å². The first-order valence-corrected chi connectivity index (χ1v) is 4.97. The summed E-state index contributed by atoms with van der Waals surface area (Å²) >= 11 is 0. The second-order valence-electron chi connectivity index (χ2n) is 3.51. The van der Waals surface area contributed by atoms with Gasteiger partial charge in [-0.3, -0.25) is 4.79 Å². The highest BCUT2D eigenvalue weighted by Crippen LogP contribution is 2.15. The maximum Gasteiger partial charge on any atom is 0.252 e. The van der Waals surface area contributed by atoms with Crippen LogP contribution in [0, 0.1) is 0 Å². The molecule has 2 rings (SSSR count). The first-order valence-electron chi connectivity index (χ1n) is 4.97. The fraction of sp³-hybridized carbons (Fsp3) is 0.0909. The van der Waals surface area contributed by atoms with Crippen LogP contribution < -0.4 is 16.8 Å². The summed E-state index contributed by atoms with van der Waals surface area (Å²) in [5.41, 5.74) is 12.4. The summed E-state index contributed by atoms with van der Waals surface area (Å²) in [5.74, 6) is -0.160. The van der Waals surface area contributed by atoms with Gasteiger partial charge in [0, 0.05) is 12.1 Å². The van der Waals surface area contributed by atoms with Gasteiger partial charge in [-0.1, -0.05) is 0 Å². The standard InChI is InChI=1S/C11H12N4O2/c12-8-3-9(10(13)16)11(15-5-8)14-4-7-1-2-17-6-7/h1-3,5-6H,4,12H2,(H2,13,16)(H,14,15). The molecule has 0 aliphatic carbocycles. The first kappa shape index (κ1) is 11.0. The Hall–Kier alpha value is -2.50. The summed E-state index contributed by atoms with van der Waals surface area (Å²) in [6, 6.07) is 3.31. The van der Waals surface area contributed by atoms with Crippen molar-refractivity contribution in [1.82, 2.24) is 4.98 Å². The summed E-state index contributed by atoms with van der Waals surface area (Å²) in [6.45, 7) is 0.494. The molecule has 0 atom stereocenters. The number of carbonyl (C=O) groups is 1. The van der Waals surface area contributed by atoms with Gasteiger partial charge in [0.25, 0.3) is 5.91 Å². The highest BCUT2D eigenvalue weighted by molar-refractivity contribution is 5.98. The molecule has 0 bridgehead atoms. The number of carbonyl (C=O) groups excluding carboxylic acids is 1. The molecule has 1 amide bonds. The number of amides is 1. The molecule has 17 heavy (non-hydrogen) atoms. The average Bonchev–Trinajstić information content (AvgIpc) is 2.80. The Bertz CT molecular complexity index is 522. The Labute approximate surface area is 97.6 Å². The molecule has 6 nitrogen and oxygen atoms in total. The number of aromatic nitrogens is 1. The van der Waals surface area contributed by atoms with Crippen molar-refractivity contribution >= 4 is 17.4 Å². The molecule has 0 saturated heterocycles. The molecule has 88 valence electrons. The number of hydrogen-bond donors (Lipinski definition) is 3. The maximum atomic E-state index is 11.2. The minimum Gasteiger partial charge on any atom is -0.472 e. The van der Waals surface area contributed by atoms with Crippen molar-refractivity contribution in [3.05, 3.63) is 42.0 Å². The third-order valence-electron chi connectivity index (χ3n) is 2.21. The van der Waals surface area contributed by atoms with E-state index < -0.39 is 5.91 Å². The van der Waals surface area contributed by atoms with Crippen LogP contribution in [0.5, 0.6) is 0 Å². The van der Waals surface area contributed by atoms with Crippen LogP contribution in [0.15, 0.2) is 35.3 Å². The number of nitrogens with one attached hydrogen (secondary N) is 1. The molecular formula is C11H12N4O2. The molecule has 0 aliphatic heterocycles. The van der Waals surface area contributed by atoms with Crippen LogP contribution in [0.2, 0.25) is 0 Å². The Morgan fingerprint density at radius 2 is 2.35 bits per heavy atom. The van der Waals surface area contributed by atoms with Crippen molar-refractivity contribution in [1.29, 1.82) is 0 Å². The van der Waals surface area contributed by atoms with Crippen molar-refractivity contribution in [2.45, 2.75) is 6.54 Å². The van der Waals surface area contributed by atoms with E-state index >= 15 is 0 Å². The smallest absolute Gasteiger partial charge is 0.252 e. The summed E-state index contributed by atoms with van der Waals surface area (Å²) in [4.78, 5) is 15.2. The Morgan fingerprint density at radius 1 is 1.53 bits per heavy atom. The maximum absolute atomic E-state index is 11.2. The van der Waals surface area contributed by atoms with Crippen molar-refractivity contribution in [2.75, 3.05) is 11.1 Å². The van der Waals surface area contributed by atoms with Gasteiger partial charge in [0.1, 0.15) is 5.82 Å². The molecule has 2 aromatic rings. The molecule has 5 N–H and O–H groups in total. The van der Waals surface area contributed by atoms with E-state index in [1.807, 2.05) is 6.07 Å². The molecule has 6 heteroatoms. The van der Waals surface area contributed by atoms with E-state index in [2.05, 4.69) is 10.3 Å². The van der Waals surface area contributed by atoms with Crippen LogP contribution in [0.3, 0.4) is 0 Å². The van der Waals surface area contributed by atoms with E-state index in [9.17, 15) is 4.79 Å². The second kappa shape index (κ2) is 4.56. The molecule has 0 saturated carbocycles. The number of pyridine rings is 1. The molecule has 0 aromatic carbocycles. The zero-order valence-corrected chi connectivity index (χ0v) is 9.01. The number of nitrogen functional groups attached to an aromatic ring is 1. The minimum absolute atomic E-state index is 0.272. The Morgan fingerprint density at radius 3 is 3.00 bits per heavy atom. The molecule has 0 aliphatic rings. The number of hydrogen-bond acceptors (Lipinski definition) is 5. The third kappa shape index (κ3) is 2.54. The fourth-order valence-electron chi connectivity index (χ4n) is 1.39. The van der Waals surface area contributed by atoms with Crippen molar-refractivity contribution in [2.24, 2.45) is 5.73 Å². The summed E-state index contributed by atoms with van der Waals surface area (Å²) in [7, 11) is 0. The monoisotopic (exact) mass is 232 g/mol. The number of primary amides is 1. The summed E-state index contributed by atoms with van der Waals surface area (Å²) < 4.78 is 4.93. The second-order valence-corrected chi connectivity index (χ2v) is 3.51. The topological polar surface area (TPSA) is 107 Å². The van der Waals surface area contributed by atoms with Crippen LogP contribution in [0.25, 0.3) is 0 Å². The van der Waals surface area contributed by atoms with E-state index in [0.29, 0.717) is 18.1 Å². The number of rotatable bonds is 4. The zero-order valence-electron chi connectivity index (χ0n) is 9.01. The average molecular weight is 232 g/mol. The van der Waals surface area contributed by atoms with Crippen LogP contribution in [-0.4, -0.2) is 10.9 Å². The van der Waals surface area contributed by atoms with E-state index in [1.54, 1.807) is 12.5 Å². The van der Waals surface area contributed by atoms with Gasteiger partial charge in [-0.05, 0) is 12.1 Å². The number of nitrogens with two attached hydrogens (primary N) is 2. The quantitative estimate of drug-likeness (QED) is 0.728. The van der Waals surface area contributed by atoms with Crippen molar-refractivity contribution in [3.8, 4) is 0 Å². The highest BCUT2D eigenvalue weighted by Gasteiger charge is 2.10. The number of anilines is 2. The third-order valence-corrected chi connectivity index (χ3v) is 2.21. The van der Waals surface area contributed by atoms with Crippen molar-refractivity contribution in [3.63, 3.8) is 0 Å². The van der Waals surface area contributed by atoms with Crippen LogP contribution in [-0.2, 0) is 6.54 Å². The lowest BCUT2D eigenvalue weighted by atomic mass is 10.2. The lowest BCUT2D eigenvalue weighted by molar-refractivity contribution is 0.100. The SMILES string of the molecule is NC(=O)c1cc(N)cnc1NCc1ccoc1. The van der Waals surface area contributed by atoms with Gasteiger partial charge < -0.3 is 21.2 Å². The van der Waals surface area contributed by atoms with Crippen LogP contribution in [0.4, 0.5) is 11.5 Å². The predicted octanol–water partition coefficient (Wildman–Crippen LogP) is 0.968. The summed E-state index contributed by atoms with van der Waals surface area (Å²) in [6.07, 6.45) is 4.64. The van der Waals surface area contributed by atoms with E-state index in [4.69, 9.17) is 15.9 Å². The van der Waals surface area contributed by atoms with Crippen LogP contribution >= 0.6 is 0 Å². The zero-order chi connectivity index (χ0) is 12.3. The summed E-state index contributed by atoms with van der Waals surface area (Å²) in [5, 5.41) is 3.00. The molecule has 0 fully saturated rings.